The van der Waals surface area contributed by atoms with Crippen LogP contribution in [0.15, 0.2) is 0 Å². The molecule has 0 aromatic rings. The summed E-state index contributed by atoms with van der Waals surface area (Å²) in [6.45, 7) is 6.49. The van der Waals surface area contributed by atoms with Crippen LogP contribution in [0.4, 0.5) is 0 Å². The molecule has 0 amide bonds. The maximum Gasteiger partial charge on any atom is 0.0743 e. The average molecular weight is 207 g/mol. The SMILES string of the molecule is C#CC(C)(C)NC1CCCC(CC)CC1. The van der Waals surface area contributed by atoms with Crippen LogP contribution in [0.5, 0.6) is 0 Å². The molecule has 0 spiro atoms. The molecule has 1 N–H and O–H groups in total. The zero-order valence-corrected chi connectivity index (χ0v) is 10.5. The molecule has 2 atom stereocenters. The summed E-state index contributed by atoms with van der Waals surface area (Å²) in [5.74, 6) is 3.77. The molecule has 0 heterocycles. The van der Waals surface area contributed by atoms with Crippen molar-refractivity contribution in [3.63, 3.8) is 0 Å². The summed E-state index contributed by atoms with van der Waals surface area (Å²) >= 11 is 0. The zero-order chi connectivity index (χ0) is 11.3. The standard InChI is InChI=1S/C14H25N/c1-5-12-8-7-9-13(11-10-12)15-14(3,4)6-2/h2,12-13,15H,5,7-11H2,1,3-4H3. The van der Waals surface area contributed by atoms with E-state index >= 15 is 0 Å². The van der Waals surface area contributed by atoms with Crippen molar-refractivity contribution in [2.75, 3.05) is 0 Å². The minimum Gasteiger partial charge on any atom is -0.299 e. The van der Waals surface area contributed by atoms with Crippen LogP contribution in [0.1, 0.15) is 59.3 Å². The van der Waals surface area contributed by atoms with Gasteiger partial charge in [0.15, 0.2) is 0 Å². The number of terminal acetylenes is 1. The van der Waals surface area contributed by atoms with Crippen molar-refractivity contribution in [2.24, 2.45) is 5.92 Å². The molecular formula is C14H25N. The van der Waals surface area contributed by atoms with Gasteiger partial charge in [0.2, 0.25) is 0 Å². The second-order valence-corrected chi connectivity index (χ2v) is 5.39. The normalized spacial score (nSPS) is 28.1. The molecule has 86 valence electrons. The monoisotopic (exact) mass is 207 g/mol. The highest BCUT2D eigenvalue weighted by molar-refractivity contribution is 5.08. The van der Waals surface area contributed by atoms with Crippen molar-refractivity contribution >= 4 is 0 Å². The van der Waals surface area contributed by atoms with E-state index in [2.05, 4.69) is 32.0 Å². The fraction of sp³-hybridized carbons (Fsp3) is 0.857. The van der Waals surface area contributed by atoms with Gasteiger partial charge in [-0.05, 0) is 39.0 Å². The van der Waals surface area contributed by atoms with Crippen molar-refractivity contribution < 1.29 is 0 Å². The first kappa shape index (κ1) is 12.6. The minimum absolute atomic E-state index is 0.142. The number of rotatable bonds is 3. The van der Waals surface area contributed by atoms with Crippen molar-refractivity contribution in [2.45, 2.75) is 70.9 Å². The molecule has 15 heavy (non-hydrogen) atoms. The van der Waals surface area contributed by atoms with Crippen LogP contribution in [0.2, 0.25) is 0 Å². The molecule has 0 radical (unpaired) electrons. The zero-order valence-electron chi connectivity index (χ0n) is 10.5. The first-order chi connectivity index (χ1) is 7.07. The van der Waals surface area contributed by atoms with Gasteiger partial charge in [-0.15, -0.1) is 6.42 Å². The number of nitrogens with one attached hydrogen (secondary N) is 1. The summed E-state index contributed by atoms with van der Waals surface area (Å²) in [6.07, 6.45) is 13.6. The Balaban J connectivity index is 2.42. The lowest BCUT2D eigenvalue weighted by atomic mass is 9.97. The fourth-order valence-corrected chi connectivity index (χ4v) is 2.48. The maximum absolute atomic E-state index is 5.50. The van der Waals surface area contributed by atoms with Gasteiger partial charge >= 0.3 is 0 Å². The summed E-state index contributed by atoms with van der Waals surface area (Å²) in [5, 5.41) is 3.59. The molecule has 0 aliphatic heterocycles. The van der Waals surface area contributed by atoms with Crippen LogP contribution in [-0.2, 0) is 0 Å². The Hall–Kier alpha value is -0.480. The molecule has 1 aliphatic rings. The van der Waals surface area contributed by atoms with E-state index in [0.29, 0.717) is 6.04 Å². The van der Waals surface area contributed by atoms with Gasteiger partial charge < -0.3 is 0 Å². The fourth-order valence-electron chi connectivity index (χ4n) is 2.48. The van der Waals surface area contributed by atoms with E-state index in [1.54, 1.807) is 0 Å². The molecular weight excluding hydrogens is 182 g/mol. The predicted octanol–water partition coefficient (Wildman–Crippen LogP) is 3.35. The Morgan fingerprint density at radius 1 is 1.27 bits per heavy atom. The Morgan fingerprint density at radius 2 is 2.00 bits per heavy atom. The summed E-state index contributed by atoms with van der Waals surface area (Å²) < 4.78 is 0. The molecule has 1 saturated carbocycles. The molecule has 0 saturated heterocycles. The smallest absolute Gasteiger partial charge is 0.0743 e. The highest BCUT2D eigenvalue weighted by Gasteiger charge is 2.22. The highest BCUT2D eigenvalue weighted by Crippen LogP contribution is 2.26. The quantitative estimate of drug-likeness (QED) is 0.553. The molecule has 1 rings (SSSR count). The van der Waals surface area contributed by atoms with Gasteiger partial charge in [0, 0.05) is 6.04 Å². The summed E-state index contributed by atoms with van der Waals surface area (Å²) in [7, 11) is 0. The number of hydrogen-bond acceptors (Lipinski definition) is 1. The third-order valence-corrected chi connectivity index (χ3v) is 3.59. The predicted molar refractivity (Wildman–Crippen MR) is 66.7 cm³/mol. The third kappa shape index (κ3) is 4.26. The lowest BCUT2D eigenvalue weighted by Crippen LogP contribution is -2.44. The lowest BCUT2D eigenvalue weighted by Gasteiger charge is -2.27. The van der Waals surface area contributed by atoms with Crippen LogP contribution in [-0.4, -0.2) is 11.6 Å². The van der Waals surface area contributed by atoms with Crippen LogP contribution < -0.4 is 5.32 Å². The first-order valence-corrected chi connectivity index (χ1v) is 6.33. The van der Waals surface area contributed by atoms with Gasteiger partial charge in [0.1, 0.15) is 0 Å². The second-order valence-electron chi connectivity index (χ2n) is 5.39. The summed E-state index contributed by atoms with van der Waals surface area (Å²) in [5.41, 5.74) is -0.142. The summed E-state index contributed by atoms with van der Waals surface area (Å²) in [4.78, 5) is 0. The third-order valence-electron chi connectivity index (χ3n) is 3.59. The van der Waals surface area contributed by atoms with Crippen molar-refractivity contribution in [3.8, 4) is 12.3 Å². The Kier molecular flexibility index (Phi) is 4.67. The van der Waals surface area contributed by atoms with Gasteiger partial charge in [-0.25, -0.2) is 0 Å². The van der Waals surface area contributed by atoms with Crippen molar-refractivity contribution in [1.82, 2.24) is 5.32 Å². The maximum atomic E-state index is 5.50. The van der Waals surface area contributed by atoms with Crippen LogP contribution in [0.25, 0.3) is 0 Å². The van der Waals surface area contributed by atoms with Gasteiger partial charge in [-0.1, -0.05) is 32.1 Å². The molecule has 0 aromatic heterocycles. The topological polar surface area (TPSA) is 12.0 Å². The van der Waals surface area contributed by atoms with Gasteiger partial charge in [0.25, 0.3) is 0 Å². The van der Waals surface area contributed by atoms with Crippen LogP contribution in [0.3, 0.4) is 0 Å². The molecule has 1 aliphatic carbocycles. The van der Waals surface area contributed by atoms with Gasteiger partial charge in [0.05, 0.1) is 5.54 Å². The molecule has 1 fully saturated rings. The minimum atomic E-state index is -0.142. The van der Waals surface area contributed by atoms with E-state index in [-0.39, 0.29) is 5.54 Å². The molecule has 1 heteroatoms. The highest BCUT2D eigenvalue weighted by atomic mass is 15.0. The van der Waals surface area contributed by atoms with E-state index in [9.17, 15) is 0 Å². The Labute approximate surface area is 95.0 Å². The van der Waals surface area contributed by atoms with E-state index in [0.717, 1.165) is 5.92 Å². The van der Waals surface area contributed by atoms with Crippen molar-refractivity contribution in [3.05, 3.63) is 0 Å². The lowest BCUT2D eigenvalue weighted by molar-refractivity contribution is 0.366. The van der Waals surface area contributed by atoms with Gasteiger partial charge in [-0.3, -0.25) is 5.32 Å². The van der Waals surface area contributed by atoms with E-state index in [1.807, 2.05) is 0 Å². The average Bonchev–Trinajstić information content (AvgIpc) is 2.43. The van der Waals surface area contributed by atoms with E-state index in [4.69, 9.17) is 6.42 Å². The first-order valence-electron chi connectivity index (χ1n) is 6.33. The van der Waals surface area contributed by atoms with Gasteiger partial charge in [-0.2, -0.15) is 0 Å². The van der Waals surface area contributed by atoms with E-state index in [1.165, 1.54) is 38.5 Å². The van der Waals surface area contributed by atoms with Crippen LogP contribution >= 0.6 is 0 Å². The Bertz CT molecular complexity index is 224. The number of hydrogen-bond donors (Lipinski definition) is 1. The molecule has 0 aromatic carbocycles. The summed E-state index contributed by atoms with van der Waals surface area (Å²) in [6, 6.07) is 0.632. The van der Waals surface area contributed by atoms with E-state index < -0.39 is 0 Å². The molecule has 0 bridgehead atoms. The largest absolute Gasteiger partial charge is 0.299 e. The second kappa shape index (κ2) is 5.56. The Morgan fingerprint density at radius 3 is 2.60 bits per heavy atom. The van der Waals surface area contributed by atoms with Crippen molar-refractivity contribution in [1.29, 1.82) is 0 Å². The van der Waals surface area contributed by atoms with Crippen LogP contribution in [0, 0.1) is 18.3 Å². The molecule has 2 unspecified atom stereocenters. The molecule has 1 nitrogen and oxygen atoms in total.